The van der Waals surface area contributed by atoms with Crippen molar-refractivity contribution in [2.75, 3.05) is 11.5 Å². The van der Waals surface area contributed by atoms with E-state index in [9.17, 15) is 8.42 Å². The normalized spacial score (nSPS) is 11.9. The smallest absolute Gasteiger partial charge is 0.179 e. The van der Waals surface area contributed by atoms with E-state index in [1.165, 1.54) is 99.0 Å². The second-order valence-electron chi connectivity index (χ2n) is 9.41. The van der Waals surface area contributed by atoms with Crippen LogP contribution in [0, 0.1) is 0 Å². The van der Waals surface area contributed by atoms with E-state index in [1.807, 2.05) is 23.2 Å². The summed E-state index contributed by atoms with van der Waals surface area (Å²) < 4.78 is 25.5. The topological polar surface area (TPSA) is 34.1 Å². The van der Waals surface area contributed by atoms with Gasteiger partial charge in [0.15, 0.2) is 9.84 Å². The Morgan fingerprint density at radius 1 is 0.647 bits per heavy atom. The van der Waals surface area contributed by atoms with Crippen molar-refractivity contribution < 1.29 is 8.42 Å². The molecule has 2 aromatic heterocycles. The van der Waals surface area contributed by atoms with Crippen molar-refractivity contribution >= 4 is 44.3 Å². The maximum Gasteiger partial charge on any atom is 0.179 e. The van der Waals surface area contributed by atoms with E-state index in [4.69, 9.17) is 0 Å². The van der Waals surface area contributed by atoms with Crippen molar-refractivity contribution in [2.45, 2.75) is 126 Å². The zero-order valence-electron chi connectivity index (χ0n) is 21.5. The molecule has 0 atom stereocenters. The average Bonchev–Trinajstić information content (AvgIpc) is 3.50. The summed E-state index contributed by atoms with van der Waals surface area (Å²) in [7, 11) is -3.16. The van der Waals surface area contributed by atoms with Gasteiger partial charge >= 0.3 is 0 Å². The first-order valence-electron chi connectivity index (χ1n) is 13.6. The van der Waals surface area contributed by atoms with Crippen LogP contribution in [0.4, 0.5) is 0 Å². The van der Waals surface area contributed by atoms with Crippen molar-refractivity contribution in [3.8, 4) is 9.75 Å². The van der Waals surface area contributed by atoms with Crippen LogP contribution in [0.15, 0.2) is 32.7 Å². The second-order valence-corrected chi connectivity index (χ2v) is 14.5. The standard InChI is InChI=1S/C28H46O2S4/c1-3-5-7-9-11-13-15-17-19-31-25-21-27(32-23-25)28-22-26(24-33-28)34(29,30)20-18-16-14-12-10-8-6-4-2/h21-24H,3-20H2,1-2H3. The van der Waals surface area contributed by atoms with E-state index < -0.39 is 9.84 Å². The minimum atomic E-state index is -3.16. The maximum atomic E-state index is 12.8. The fourth-order valence-corrected chi connectivity index (χ4v) is 8.95. The molecule has 0 aliphatic carbocycles. The summed E-state index contributed by atoms with van der Waals surface area (Å²) in [5.74, 6) is 1.45. The van der Waals surface area contributed by atoms with Crippen molar-refractivity contribution in [2.24, 2.45) is 0 Å². The van der Waals surface area contributed by atoms with Crippen LogP contribution in [-0.4, -0.2) is 19.9 Å². The molecular formula is C28H46O2S4. The van der Waals surface area contributed by atoms with E-state index in [-0.39, 0.29) is 5.75 Å². The van der Waals surface area contributed by atoms with Crippen LogP contribution in [0.3, 0.4) is 0 Å². The molecule has 34 heavy (non-hydrogen) atoms. The third kappa shape index (κ3) is 12.1. The van der Waals surface area contributed by atoms with Crippen LogP contribution in [0.5, 0.6) is 0 Å². The molecule has 194 valence electrons. The Morgan fingerprint density at radius 2 is 1.15 bits per heavy atom. The van der Waals surface area contributed by atoms with Crippen LogP contribution in [0.2, 0.25) is 0 Å². The summed E-state index contributed by atoms with van der Waals surface area (Å²) in [6, 6.07) is 4.13. The Bertz CT molecular complexity index is 867. The van der Waals surface area contributed by atoms with E-state index in [2.05, 4.69) is 25.3 Å². The van der Waals surface area contributed by atoms with Gasteiger partial charge in [-0.25, -0.2) is 8.42 Å². The fourth-order valence-electron chi connectivity index (χ4n) is 4.10. The summed E-state index contributed by atoms with van der Waals surface area (Å²) in [6.07, 6.45) is 20.2. The lowest BCUT2D eigenvalue weighted by atomic mass is 10.1. The molecule has 2 nitrogen and oxygen atoms in total. The highest BCUT2D eigenvalue weighted by Gasteiger charge is 2.17. The highest BCUT2D eigenvalue weighted by Crippen LogP contribution is 2.37. The molecule has 0 aliphatic heterocycles. The van der Waals surface area contributed by atoms with E-state index in [0.717, 1.165) is 24.1 Å². The van der Waals surface area contributed by atoms with E-state index >= 15 is 0 Å². The lowest BCUT2D eigenvalue weighted by Gasteiger charge is -2.03. The Hall–Kier alpha value is -0.300. The quantitative estimate of drug-likeness (QED) is 0.116. The summed E-state index contributed by atoms with van der Waals surface area (Å²) in [4.78, 5) is 4.10. The Balaban J connectivity index is 1.67. The van der Waals surface area contributed by atoms with Gasteiger partial charge in [-0.2, -0.15) is 0 Å². The average molecular weight is 543 g/mol. The lowest BCUT2D eigenvalue weighted by Crippen LogP contribution is -2.05. The highest BCUT2D eigenvalue weighted by atomic mass is 32.2. The van der Waals surface area contributed by atoms with Gasteiger partial charge in [-0.1, -0.05) is 104 Å². The molecule has 0 radical (unpaired) electrons. The van der Waals surface area contributed by atoms with Crippen LogP contribution in [-0.2, 0) is 9.84 Å². The SMILES string of the molecule is CCCCCCCCCCSc1csc(-c2cc(S(=O)(=O)CCCCCCCCCC)cs2)c1. The van der Waals surface area contributed by atoms with E-state index in [0.29, 0.717) is 4.90 Å². The molecule has 0 unspecified atom stereocenters. The number of hydrogen-bond donors (Lipinski definition) is 0. The van der Waals surface area contributed by atoms with Crippen molar-refractivity contribution in [3.63, 3.8) is 0 Å². The van der Waals surface area contributed by atoms with Gasteiger partial charge in [-0.05, 0) is 30.7 Å². The first-order valence-corrected chi connectivity index (χ1v) is 18.0. The summed E-state index contributed by atoms with van der Waals surface area (Å²) in [5, 5.41) is 4.06. The van der Waals surface area contributed by atoms with Crippen molar-refractivity contribution in [1.82, 2.24) is 0 Å². The monoisotopic (exact) mass is 542 g/mol. The van der Waals surface area contributed by atoms with Gasteiger partial charge in [0.05, 0.1) is 10.6 Å². The molecule has 0 N–H and O–H groups in total. The zero-order chi connectivity index (χ0) is 24.5. The molecule has 0 saturated heterocycles. The molecule has 2 heterocycles. The van der Waals surface area contributed by atoms with Gasteiger partial charge in [0.25, 0.3) is 0 Å². The molecule has 0 spiro atoms. The minimum absolute atomic E-state index is 0.280. The van der Waals surface area contributed by atoms with Gasteiger partial charge < -0.3 is 0 Å². The number of thioether (sulfide) groups is 1. The first-order chi connectivity index (χ1) is 16.6. The summed E-state index contributed by atoms with van der Waals surface area (Å²) in [5.41, 5.74) is 0. The predicted molar refractivity (Wildman–Crippen MR) is 156 cm³/mol. The number of hydrogen-bond acceptors (Lipinski definition) is 5. The highest BCUT2D eigenvalue weighted by molar-refractivity contribution is 7.99. The van der Waals surface area contributed by atoms with Gasteiger partial charge in [0.1, 0.15) is 0 Å². The first kappa shape index (κ1) is 29.9. The Kier molecular flexibility index (Phi) is 15.9. The minimum Gasteiger partial charge on any atom is -0.224 e. The summed E-state index contributed by atoms with van der Waals surface area (Å²) >= 11 is 5.23. The number of rotatable bonds is 21. The molecule has 0 saturated carbocycles. The molecule has 2 aromatic rings. The Morgan fingerprint density at radius 3 is 1.76 bits per heavy atom. The van der Waals surface area contributed by atoms with Crippen molar-refractivity contribution in [1.29, 1.82) is 0 Å². The predicted octanol–water partition coefficient (Wildman–Crippen LogP) is 10.6. The zero-order valence-corrected chi connectivity index (χ0v) is 24.8. The van der Waals surface area contributed by atoms with Crippen LogP contribution < -0.4 is 0 Å². The molecule has 0 aromatic carbocycles. The fraction of sp³-hybridized carbons (Fsp3) is 0.714. The van der Waals surface area contributed by atoms with Gasteiger partial charge in [0.2, 0.25) is 0 Å². The molecule has 0 fully saturated rings. The van der Waals surface area contributed by atoms with Gasteiger partial charge in [-0.15, -0.1) is 34.4 Å². The molecule has 0 aliphatic rings. The third-order valence-electron chi connectivity index (χ3n) is 6.29. The molecule has 0 amide bonds. The third-order valence-corrected chi connectivity index (χ3v) is 11.5. The maximum absolute atomic E-state index is 12.8. The Labute approximate surface area is 222 Å². The molecule has 0 bridgehead atoms. The van der Waals surface area contributed by atoms with Crippen LogP contribution in [0.25, 0.3) is 9.75 Å². The van der Waals surface area contributed by atoms with Gasteiger partial charge in [0, 0.05) is 25.4 Å². The largest absolute Gasteiger partial charge is 0.224 e. The second kappa shape index (κ2) is 18.0. The van der Waals surface area contributed by atoms with Crippen molar-refractivity contribution in [3.05, 3.63) is 22.9 Å². The van der Waals surface area contributed by atoms with Crippen LogP contribution in [0.1, 0.15) is 117 Å². The molecular weight excluding hydrogens is 497 g/mol. The summed E-state index contributed by atoms with van der Waals surface area (Å²) in [6.45, 7) is 4.50. The number of sulfone groups is 1. The molecule has 6 heteroatoms. The number of unbranched alkanes of at least 4 members (excludes halogenated alkanes) is 14. The molecule has 2 rings (SSSR count). The van der Waals surface area contributed by atoms with E-state index in [1.54, 1.807) is 22.7 Å². The number of thiophene rings is 2. The van der Waals surface area contributed by atoms with Gasteiger partial charge in [-0.3, -0.25) is 0 Å². The van der Waals surface area contributed by atoms with Crippen LogP contribution >= 0.6 is 34.4 Å². The lowest BCUT2D eigenvalue weighted by molar-refractivity contribution is 0.572.